The van der Waals surface area contributed by atoms with Gasteiger partial charge in [-0.1, -0.05) is 12.2 Å². The molecule has 0 bridgehead atoms. The van der Waals surface area contributed by atoms with Crippen LogP contribution in [-0.2, 0) is 4.74 Å². The van der Waals surface area contributed by atoms with E-state index < -0.39 is 0 Å². The molecule has 2 heterocycles. The maximum atomic E-state index is 5.90. The second-order valence-electron chi connectivity index (χ2n) is 4.97. The van der Waals surface area contributed by atoms with E-state index in [1.165, 1.54) is 12.8 Å². The number of rotatable bonds is 3. The summed E-state index contributed by atoms with van der Waals surface area (Å²) in [4.78, 5) is 3.25. The molecule has 0 saturated carbocycles. The zero-order valence-corrected chi connectivity index (χ0v) is 12.1. The summed E-state index contributed by atoms with van der Waals surface area (Å²) < 4.78 is 5.61. The second-order valence-corrected chi connectivity index (χ2v) is 6.60. The van der Waals surface area contributed by atoms with Gasteiger partial charge in [0.15, 0.2) is 0 Å². The largest absolute Gasteiger partial charge is 0.392 e. The van der Waals surface area contributed by atoms with Crippen LogP contribution in [0.3, 0.4) is 0 Å². The van der Waals surface area contributed by atoms with Crippen LogP contribution in [0.1, 0.15) is 25.7 Å². The molecule has 2 aliphatic heterocycles. The molecule has 17 heavy (non-hydrogen) atoms. The number of thioether (sulfide) groups is 1. The van der Waals surface area contributed by atoms with Crippen molar-refractivity contribution in [3.63, 3.8) is 0 Å². The lowest BCUT2D eigenvalue weighted by Gasteiger charge is -2.43. The van der Waals surface area contributed by atoms with Gasteiger partial charge in [0, 0.05) is 25.7 Å². The quantitative estimate of drug-likeness (QED) is 0.792. The van der Waals surface area contributed by atoms with Gasteiger partial charge in [0.2, 0.25) is 0 Å². The first-order valence-corrected chi connectivity index (χ1v) is 7.98. The van der Waals surface area contributed by atoms with Crippen molar-refractivity contribution >= 4 is 29.0 Å². The standard InChI is InChI=1S/C12H22N2OS2/c1-17-12(11(13)16)4-6-14(7-5-12)10-3-2-8-15-9-10/h10H,2-9H2,1H3,(H2,13,16). The van der Waals surface area contributed by atoms with Crippen molar-refractivity contribution in [2.75, 3.05) is 32.6 Å². The molecule has 0 aromatic rings. The third-order valence-corrected chi connectivity index (χ3v) is 6.03. The molecule has 2 fully saturated rings. The van der Waals surface area contributed by atoms with E-state index >= 15 is 0 Å². The summed E-state index contributed by atoms with van der Waals surface area (Å²) in [5.41, 5.74) is 5.90. The average molecular weight is 274 g/mol. The van der Waals surface area contributed by atoms with E-state index in [1.807, 2.05) is 11.8 Å². The van der Waals surface area contributed by atoms with E-state index in [0.29, 0.717) is 11.0 Å². The number of hydrogen-bond acceptors (Lipinski definition) is 4. The molecule has 2 saturated heterocycles. The number of likely N-dealkylation sites (tertiary alicyclic amines) is 1. The minimum atomic E-state index is 0.0430. The van der Waals surface area contributed by atoms with Crippen molar-refractivity contribution in [2.45, 2.75) is 36.5 Å². The van der Waals surface area contributed by atoms with Crippen LogP contribution in [-0.4, -0.2) is 53.2 Å². The minimum absolute atomic E-state index is 0.0430. The summed E-state index contributed by atoms with van der Waals surface area (Å²) in [5.74, 6) is 0. The molecule has 5 heteroatoms. The minimum Gasteiger partial charge on any atom is -0.392 e. The summed E-state index contributed by atoms with van der Waals surface area (Å²) in [6, 6.07) is 0.620. The van der Waals surface area contributed by atoms with Gasteiger partial charge in [0.1, 0.15) is 0 Å². The highest BCUT2D eigenvalue weighted by Crippen LogP contribution is 2.36. The first-order chi connectivity index (χ1) is 8.18. The van der Waals surface area contributed by atoms with Gasteiger partial charge >= 0.3 is 0 Å². The summed E-state index contributed by atoms with van der Waals surface area (Å²) >= 11 is 7.06. The van der Waals surface area contributed by atoms with Crippen molar-refractivity contribution in [1.29, 1.82) is 0 Å². The van der Waals surface area contributed by atoms with Crippen molar-refractivity contribution in [3.8, 4) is 0 Å². The highest BCUT2D eigenvalue weighted by molar-refractivity contribution is 8.02. The third-order valence-electron chi connectivity index (χ3n) is 4.10. The third kappa shape index (κ3) is 2.95. The number of nitrogens with zero attached hydrogens (tertiary/aromatic N) is 1. The molecule has 3 nitrogen and oxygen atoms in total. The number of thiocarbonyl (C=S) groups is 1. The van der Waals surface area contributed by atoms with Gasteiger partial charge in [-0.3, -0.25) is 4.90 Å². The van der Waals surface area contributed by atoms with E-state index in [4.69, 9.17) is 22.7 Å². The summed E-state index contributed by atoms with van der Waals surface area (Å²) in [6.07, 6.45) is 6.77. The van der Waals surface area contributed by atoms with Crippen molar-refractivity contribution in [1.82, 2.24) is 4.90 Å². The van der Waals surface area contributed by atoms with Gasteiger partial charge in [0.05, 0.1) is 16.3 Å². The average Bonchev–Trinajstić information content (AvgIpc) is 2.39. The van der Waals surface area contributed by atoms with E-state index in [0.717, 1.165) is 39.1 Å². The fourth-order valence-corrected chi connectivity index (χ4v) is 4.06. The Labute approximate surface area is 113 Å². The van der Waals surface area contributed by atoms with E-state index in [2.05, 4.69) is 11.2 Å². The molecule has 0 aromatic heterocycles. The van der Waals surface area contributed by atoms with Gasteiger partial charge in [-0.15, -0.1) is 0 Å². The fraction of sp³-hybridized carbons (Fsp3) is 0.917. The number of hydrogen-bond donors (Lipinski definition) is 1. The highest BCUT2D eigenvalue weighted by atomic mass is 32.2. The molecule has 1 atom stereocenters. The van der Waals surface area contributed by atoms with E-state index in [9.17, 15) is 0 Å². The molecule has 0 radical (unpaired) electrons. The molecule has 0 aliphatic carbocycles. The zero-order chi connectivity index (χ0) is 12.3. The number of ether oxygens (including phenoxy) is 1. The van der Waals surface area contributed by atoms with Crippen LogP contribution < -0.4 is 5.73 Å². The summed E-state index contributed by atoms with van der Waals surface area (Å²) in [6.45, 7) is 4.05. The Balaban J connectivity index is 1.90. The Morgan fingerprint density at radius 1 is 1.47 bits per heavy atom. The van der Waals surface area contributed by atoms with Crippen LogP contribution in [0.4, 0.5) is 0 Å². The van der Waals surface area contributed by atoms with Gasteiger partial charge in [0.25, 0.3) is 0 Å². The summed E-state index contributed by atoms with van der Waals surface area (Å²) in [5, 5.41) is 0. The Morgan fingerprint density at radius 2 is 2.18 bits per heavy atom. The van der Waals surface area contributed by atoms with Crippen molar-refractivity contribution in [2.24, 2.45) is 5.73 Å². The number of nitrogens with two attached hydrogens (primary N) is 1. The van der Waals surface area contributed by atoms with Gasteiger partial charge in [-0.25, -0.2) is 0 Å². The predicted molar refractivity (Wildman–Crippen MR) is 77.7 cm³/mol. The van der Waals surface area contributed by atoms with Crippen LogP contribution in [0, 0.1) is 0 Å². The Bertz CT molecular complexity index is 272. The monoisotopic (exact) mass is 274 g/mol. The predicted octanol–water partition coefficient (Wildman–Crippen LogP) is 1.65. The smallest absolute Gasteiger partial charge is 0.0891 e. The van der Waals surface area contributed by atoms with Crippen LogP contribution in [0.5, 0.6) is 0 Å². The molecular formula is C12H22N2OS2. The molecule has 98 valence electrons. The molecule has 2 rings (SSSR count). The Kier molecular flexibility index (Phi) is 4.69. The molecule has 0 amide bonds. The molecule has 0 spiro atoms. The molecule has 1 unspecified atom stereocenters. The Hall–Kier alpha value is 0.160. The van der Waals surface area contributed by atoms with Crippen LogP contribution >= 0.6 is 24.0 Å². The van der Waals surface area contributed by atoms with Crippen LogP contribution in [0.15, 0.2) is 0 Å². The van der Waals surface area contributed by atoms with Crippen molar-refractivity contribution < 1.29 is 4.74 Å². The highest BCUT2D eigenvalue weighted by Gasteiger charge is 2.38. The lowest BCUT2D eigenvalue weighted by atomic mass is 9.93. The normalized spacial score (nSPS) is 30.1. The molecule has 2 aliphatic rings. The van der Waals surface area contributed by atoms with Gasteiger partial charge in [-0.05, 0) is 31.9 Å². The fourth-order valence-electron chi connectivity index (χ4n) is 2.81. The topological polar surface area (TPSA) is 38.5 Å². The zero-order valence-electron chi connectivity index (χ0n) is 10.5. The molecule has 0 aromatic carbocycles. The Morgan fingerprint density at radius 3 is 2.65 bits per heavy atom. The number of piperidine rings is 1. The SMILES string of the molecule is CSC1(C(N)=S)CCN(C2CCCOC2)CC1. The van der Waals surface area contributed by atoms with Crippen molar-refractivity contribution in [3.05, 3.63) is 0 Å². The lowest BCUT2D eigenvalue weighted by Crippen LogP contribution is -2.53. The molecule has 2 N–H and O–H groups in total. The molecular weight excluding hydrogens is 252 g/mol. The second kappa shape index (κ2) is 5.87. The van der Waals surface area contributed by atoms with Crippen LogP contribution in [0.2, 0.25) is 0 Å². The van der Waals surface area contributed by atoms with Crippen LogP contribution in [0.25, 0.3) is 0 Å². The maximum absolute atomic E-state index is 5.90. The lowest BCUT2D eigenvalue weighted by molar-refractivity contribution is 0.00994. The first-order valence-electron chi connectivity index (χ1n) is 6.35. The maximum Gasteiger partial charge on any atom is 0.0891 e. The van der Waals surface area contributed by atoms with E-state index in [1.54, 1.807) is 0 Å². The van der Waals surface area contributed by atoms with Gasteiger partial charge in [-0.2, -0.15) is 11.8 Å². The van der Waals surface area contributed by atoms with Gasteiger partial charge < -0.3 is 10.5 Å². The summed E-state index contributed by atoms with van der Waals surface area (Å²) in [7, 11) is 0. The van der Waals surface area contributed by atoms with E-state index in [-0.39, 0.29) is 4.75 Å². The first kappa shape index (κ1) is 13.6.